The van der Waals surface area contributed by atoms with E-state index in [9.17, 15) is 8.78 Å². The molecule has 1 aliphatic rings. The second-order valence-corrected chi connectivity index (χ2v) is 7.15. The van der Waals surface area contributed by atoms with E-state index in [0.29, 0.717) is 22.4 Å². The van der Waals surface area contributed by atoms with Crippen LogP contribution in [0, 0.1) is 12.7 Å². The van der Waals surface area contributed by atoms with Crippen molar-refractivity contribution in [1.82, 2.24) is 34.5 Å². The number of alkyl halides is 1. The molecular weight excluding hydrogens is 434 g/mol. The summed E-state index contributed by atoms with van der Waals surface area (Å²) in [6.07, 6.45) is 1.12. The Morgan fingerprint density at radius 2 is 2.13 bits per heavy atom. The van der Waals surface area contributed by atoms with Crippen LogP contribution in [0.25, 0.3) is 16.7 Å². The number of hydrogen-bond donors (Lipinski definition) is 1. The third-order valence-corrected chi connectivity index (χ3v) is 5.04. The van der Waals surface area contributed by atoms with Gasteiger partial charge in [0, 0.05) is 12.3 Å². The predicted octanol–water partition coefficient (Wildman–Crippen LogP) is 2.99. The summed E-state index contributed by atoms with van der Waals surface area (Å²) in [6.45, 7) is 1.31. The molecule has 5 rings (SSSR count). The van der Waals surface area contributed by atoms with Gasteiger partial charge in [0.15, 0.2) is 17.0 Å². The number of hydrogen-bond acceptors (Lipinski definition) is 8. The molecule has 1 aliphatic heterocycles. The van der Waals surface area contributed by atoms with E-state index in [0.717, 1.165) is 6.20 Å². The maximum Gasteiger partial charge on any atom is 0.257 e. The van der Waals surface area contributed by atoms with E-state index >= 15 is 0 Å². The van der Waals surface area contributed by atoms with Crippen molar-refractivity contribution in [3.05, 3.63) is 35.1 Å². The average molecular weight is 449 g/mol. The Labute approximate surface area is 178 Å². The van der Waals surface area contributed by atoms with Gasteiger partial charge in [-0.05, 0) is 6.92 Å². The highest BCUT2D eigenvalue weighted by Gasteiger charge is 2.24. The number of aromatic nitrogens is 7. The summed E-state index contributed by atoms with van der Waals surface area (Å²) in [5.41, 5.74) is 1.54. The van der Waals surface area contributed by atoms with Crippen LogP contribution in [0.3, 0.4) is 0 Å². The van der Waals surface area contributed by atoms with Gasteiger partial charge in [0.25, 0.3) is 5.88 Å². The zero-order chi connectivity index (χ0) is 21.7. The predicted molar refractivity (Wildman–Crippen MR) is 107 cm³/mol. The first-order chi connectivity index (χ1) is 14.9. The molecule has 0 aromatic carbocycles. The van der Waals surface area contributed by atoms with Crippen molar-refractivity contribution >= 4 is 34.3 Å². The Bertz CT molecular complexity index is 1310. The molecule has 0 spiro atoms. The van der Waals surface area contributed by atoms with Crippen molar-refractivity contribution in [3.63, 3.8) is 0 Å². The van der Waals surface area contributed by atoms with Crippen LogP contribution in [0.1, 0.15) is 5.69 Å². The largest absolute Gasteiger partial charge is 0.479 e. The molecule has 0 saturated carbocycles. The normalized spacial score (nSPS) is 15.8. The summed E-state index contributed by atoms with van der Waals surface area (Å²) in [4.78, 5) is 12.6. The van der Waals surface area contributed by atoms with E-state index in [1.54, 1.807) is 6.92 Å². The minimum Gasteiger partial charge on any atom is -0.479 e. The SMILES string of the molecule is COc1ncc(F)cc1-n1nc2c(c1C)Nc1ncc3c(Cl)nn(c3n1)C[C@@H](F)CO2. The van der Waals surface area contributed by atoms with E-state index in [1.165, 1.54) is 28.7 Å². The lowest BCUT2D eigenvalue weighted by Gasteiger charge is -2.10. The summed E-state index contributed by atoms with van der Waals surface area (Å²) in [6, 6.07) is 1.23. The molecule has 1 atom stereocenters. The number of ether oxygens (including phenoxy) is 2. The Morgan fingerprint density at radius 1 is 1.29 bits per heavy atom. The van der Waals surface area contributed by atoms with Crippen molar-refractivity contribution < 1.29 is 18.3 Å². The lowest BCUT2D eigenvalue weighted by atomic mass is 10.3. The van der Waals surface area contributed by atoms with E-state index in [1.807, 2.05) is 0 Å². The van der Waals surface area contributed by atoms with Crippen molar-refractivity contribution in [2.45, 2.75) is 19.6 Å². The summed E-state index contributed by atoms with van der Waals surface area (Å²) in [5.74, 6) is -0.113. The molecular formula is C18H15ClF2N8O2. The highest BCUT2D eigenvalue weighted by molar-refractivity contribution is 6.34. The monoisotopic (exact) mass is 448 g/mol. The van der Waals surface area contributed by atoms with Crippen molar-refractivity contribution in [2.24, 2.45) is 0 Å². The maximum atomic E-state index is 14.7. The lowest BCUT2D eigenvalue weighted by molar-refractivity contribution is 0.171. The molecule has 4 aromatic heterocycles. The molecule has 31 heavy (non-hydrogen) atoms. The summed E-state index contributed by atoms with van der Waals surface area (Å²) < 4.78 is 42.2. The molecule has 10 nitrogen and oxygen atoms in total. The molecule has 5 heterocycles. The van der Waals surface area contributed by atoms with Gasteiger partial charge in [0.05, 0.1) is 30.9 Å². The highest BCUT2D eigenvalue weighted by Crippen LogP contribution is 2.34. The fourth-order valence-electron chi connectivity index (χ4n) is 3.31. The Morgan fingerprint density at radius 3 is 2.94 bits per heavy atom. The number of nitrogens with zero attached hydrogens (tertiary/aromatic N) is 7. The molecule has 1 N–H and O–H groups in total. The van der Waals surface area contributed by atoms with E-state index in [2.05, 4.69) is 30.5 Å². The van der Waals surface area contributed by atoms with Gasteiger partial charge in [-0.15, -0.1) is 5.10 Å². The number of fused-ring (bicyclic) bond motifs is 2. The minimum absolute atomic E-state index is 0.0905. The fourth-order valence-corrected chi connectivity index (χ4v) is 3.54. The average Bonchev–Trinajstić information content (AvgIpc) is 3.22. The van der Waals surface area contributed by atoms with Crippen molar-refractivity contribution in [3.8, 4) is 17.4 Å². The fraction of sp³-hybridized carbons (Fsp3) is 0.278. The molecule has 0 fully saturated rings. The van der Waals surface area contributed by atoms with E-state index in [-0.39, 0.29) is 41.7 Å². The van der Waals surface area contributed by atoms with Gasteiger partial charge >= 0.3 is 0 Å². The van der Waals surface area contributed by atoms with Gasteiger partial charge < -0.3 is 14.8 Å². The third-order valence-electron chi connectivity index (χ3n) is 4.76. The highest BCUT2D eigenvalue weighted by atomic mass is 35.5. The molecule has 2 bridgehead atoms. The summed E-state index contributed by atoms with van der Waals surface area (Å²) in [7, 11) is 1.41. The number of rotatable bonds is 2. The van der Waals surface area contributed by atoms with Crippen LogP contribution in [0.2, 0.25) is 5.15 Å². The molecule has 0 saturated heterocycles. The number of anilines is 2. The van der Waals surface area contributed by atoms with Crippen molar-refractivity contribution in [2.75, 3.05) is 19.0 Å². The Hall–Kier alpha value is -3.54. The number of methoxy groups -OCH3 is 1. The molecule has 13 heteroatoms. The first kappa shape index (κ1) is 19.4. The third kappa shape index (κ3) is 3.28. The van der Waals surface area contributed by atoms with Crippen LogP contribution < -0.4 is 14.8 Å². The maximum absolute atomic E-state index is 14.7. The zero-order valence-corrected chi connectivity index (χ0v) is 17.1. The molecule has 0 radical (unpaired) electrons. The number of pyridine rings is 1. The summed E-state index contributed by atoms with van der Waals surface area (Å²) in [5, 5.41) is 12.2. The van der Waals surface area contributed by atoms with Crippen LogP contribution in [0.4, 0.5) is 20.4 Å². The van der Waals surface area contributed by atoms with Gasteiger partial charge in [-0.25, -0.2) is 28.1 Å². The van der Waals surface area contributed by atoms with Crippen LogP contribution in [-0.4, -0.2) is 54.4 Å². The van der Waals surface area contributed by atoms with Gasteiger partial charge in [-0.1, -0.05) is 11.6 Å². The first-order valence-corrected chi connectivity index (χ1v) is 9.55. The number of nitrogens with one attached hydrogen (secondary N) is 1. The van der Waals surface area contributed by atoms with Gasteiger partial charge in [0.2, 0.25) is 11.8 Å². The lowest BCUT2D eigenvalue weighted by Crippen LogP contribution is -2.20. The number of halogens is 3. The quantitative estimate of drug-likeness (QED) is 0.499. The Kier molecular flexibility index (Phi) is 4.58. The van der Waals surface area contributed by atoms with E-state index < -0.39 is 12.0 Å². The van der Waals surface area contributed by atoms with Gasteiger partial charge in [-0.3, -0.25) is 0 Å². The standard InChI is InChI=1S/C18H15ClF2N8O2/c1-8-13-17(27-29(8)12-3-9(20)4-22-16(12)30-2)31-7-10(21)6-28-15-11(14(19)26-28)5-23-18(24-13)25-15/h3-5,10H,6-7H2,1-2H3,(H,23,24,25)/t10-/m1/s1. The van der Waals surface area contributed by atoms with Crippen LogP contribution >= 0.6 is 11.6 Å². The molecule has 0 unspecified atom stereocenters. The molecule has 0 aliphatic carbocycles. The minimum atomic E-state index is -1.42. The smallest absolute Gasteiger partial charge is 0.257 e. The van der Waals surface area contributed by atoms with Crippen molar-refractivity contribution in [1.29, 1.82) is 0 Å². The Balaban J connectivity index is 1.67. The van der Waals surface area contributed by atoms with Crippen LogP contribution in [0.5, 0.6) is 11.8 Å². The van der Waals surface area contributed by atoms with E-state index in [4.69, 9.17) is 21.1 Å². The molecule has 4 aromatic rings. The summed E-state index contributed by atoms with van der Waals surface area (Å²) >= 11 is 6.12. The second-order valence-electron chi connectivity index (χ2n) is 6.80. The zero-order valence-electron chi connectivity index (χ0n) is 16.3. The molecule has 160 valence electrons. The topological polar surface area (TPSA) is 105 Å². The van der Waals surface area contributed by atoms with Crippen LogP contribution in [0.15, 0.2) is 18.5 Å². The second kappa shape index (κ2) is 7.30. The first-order valence-electron chi connectivity index (χ1n) is 9.17. The van der Waals surface area contributed by atoms with Gasteiger partial charge in [-0.2, -0.15) is 10.1 Å². The van der Waals surface area contributed by atoms with Crippen LogP contribution in [-0.2, 0) is 6.54 Å². The van der Waals surface area contributed by atoms with Gasteiger partial charge in [0.1, 0.15) is 23.8 Å². The molecule has 0 amide bonds.